The Balaban J connectivity index is 0.00000312. The lowest BCUT2D eigenvalue weighted by Crippen LogP contribution is -2.38. The van der Waals surface area contributed by atoms with Crippen molar-refractivity contribution in [2.24, 2.45) is 10.9 Å². The van der Waals surface area contributed by atoms with Crippen molar-refractivity contribution in [2.75, 3.05) is 53.0 Å². The van der Waals surface area contributed by atoms with Crippen LogP contribution in [0.5, 0.6) is 0 Å². The molecule has 5 nitrogen and oxygen atoms in total. The molecule has 148 valence electrons. The Kier molecular flexibility index (Phi) is 13.8. The lowest BCUT2D eigenvalue weighted by atomic mass is 10.1. The van der Waals surface area contributed by atoms with Gasteiger partial charge in [0, 0.05) is 33.4 Å². The minimum absolute atomic E-state index is 0. The van der Waals surface area contributed by atoms with Gasteiger partial charge in [0.2, 0.25) is 0 Å². The molecule has 0 aromatic carbocycles. The summed E-state index contributed by atoms with van der Waals surface area (Å²) in [5.74, 6) is 1.79. The fraction of sp³-hybridized carbons (Fsp3) is 0.947. The van der Waals surface area contributed by atoms with Crippen LogP contribution in [0.3, 0.4) is 0 Å². The van der Waals surface area contributed by atoms with E-state index >= 15 is 0 Å². The number of hydrogen-bond acceptors (Lipinski definition) is 3. The maximum atomic E-state index is 5.64. The first-order valence-electron chi connectivity index (χ1n) is 10.1. The van der Waals surface area contributed by atoms with Crippen molar-refractivity contribution in [2.45, 2.75) is 57.8 Å². The summed E-state index contributed by atoms with van der Waals surface area (Å²) < 4.78 is 5.64. The fourth-order valence-corrected chi connectivity index (χ4v) is 3.16. The number of aliphatic imine (C=N–C) groups is 1. The zero-order valence-electron chi connectivity index (χ0n) is 16.1. The minimum atomic E-state index is 0. The number of guanidine groups is 1. The van der Waals surface area contributed by atoms with Gasteiger partial charge in [-0.2, -0.15) is 0 Å². The second kappa shape index (κ2) is 15.0. The molecule has 0 atom stereocenters. The molecule has 1 aliphatic heterocycles. The third-order valence-electron chi connectivity index (χ3n) is 4.92. The van der Waals surface area contributed by atoms with Gasteiger partial charge in [0.15, 0.2) is 5.96 Å². The summed E-state index contributed by atoms with van der Waals surface area (Å²) in [6.07, 6.45) is 11.9. The van der Waals surface area contributed by atoms with E-state index in [2.05, 4.69) is 20.5 Å². The van der Waals surface area contributed by atoms with Crippen LogP contribution in [0.15, 0.2) is 4.99 Å². The van der Waals surface area contributed by atoms with Crippen molar-refractivity contribution in [3.63, 3.8) is 0 Å². The van der Waals surface area contributed by atoms with Crippen molar-refractivity contribution in [1.82, 2.24) is 15.5 Å². The fourth-order valence-electron chi connectivity index (χ4n) is 3.16. The summed E-state index contributed by atoms with van der Waals surface area (Å²) in [4.78, 5) is 6.91. The molecule has 2 aliphatic rings. The largest absolute Gasteiger partial charge is 0.381 e. The molecule has 2 rings (SSSR count). The minimum Gasteiger partial charge on any atom is -0.381 e. The number of hydrogen-bond donors (Lipinski definition) is 2. The summed E-state index contributed by atoms with van der Waals surface area (Å²) in [5, 5.41) is 6.78. The van der Waals surface area contributed by atoms with Gasteiger partial charge in [-0.25, -0.2) is 0 Å². The molecule has 0 amide bonds. The van der Waals surface area contributed by atoms with Gasteiger partial charge in [-0.1, -0.05) is 12.8 Å². The van der Waals surface area contributed by atoms with Gasteiger partial charge in [0.05, 0.1) is 0 Å². The SMILES string of the molecule is CN=C(NCCCCCN1CCCCC1)NCCCOCC1CC1.I. The summed E-state index contributed by atoms with van der Waals surface area (Å²) >= 11 is 0. The molecule has 0 aromatic heterocycles. The summed E-state index contributed by atoms with van der Waals surface area (Å²) in [5.41, 5.74) is 0. The van der Waals surface area contributed by atoms with Crippen LogP contribution in [0.25, 0.3) is 0 Å². The van der Waals surface area contributed by atoms with Crippen LogP contribution in [0.1, 0.15) is 57.8 Å². The van der Waals surface area contributed by atoms with Crippen LogP contribution in [0.2, 0.25) is 0 Å². The number of nitrogens with one attached hydrogen (secondary N) is 2. The Labute approximate surface area is 171 Å². The smallest absolute Gasteiger partial charge is 0.190 e. The number of unbranched alkanes of at least 4 members (excludes halogenated alkanes) is 2. The molecule has 25 heavy (non-hydrogen) atoms. The van der Waals surface area contributed by atoms with Crippen molar-refractivity contribution >= 4 is 29.9 Å². The highest BCUT2D eigenvalue weighted by molar-refractivity contribution is 14.0. The molecule has 0 bridgehead atoms. The second-order valence-corrected chi connectivity index (χ2v) is 7.26. The van der Waals surface area contributed by atoms with Crippen molar-refractivity contribution in [1.29, 1.82) is 0 Å². The maximum Gasteiger partial charge on any atom is 0.190 e. The van der Waals surface area contributed by atoms with Crippen molar-refractivity contribution in [3.8, 4) is 0 Å². The van der Waals surface area contributed by atoms with E-state index in [1.165, 1.54) is 71.0 Å². The Morgan fingerprint density at radius 1 is 1.00 bits per heavy atom. The summed E-state index contributed by atoms with van der Waals surface area (Å²) in [6, 6.07) is 0. The topological polar surface area (TPSA) is 48.9 Å². The van der Waals surface area contributed by atoms with Crippen LogP contribution in [0.4, 0.5) is 0 Å². The number of piperidine rings is 1. The first kappa shape index (κ1) is 23.0. The molecule has 1 saturated carbocycles. The second-order valence-electron chi connectivity index (χ2n) is 7.26. The number of nitrogens with zero attached hydrogens (tertiary/aromatic N) is 2. The number of rotatable bonds is 12. The van der Waals surface area contributed by atoms with E-state index in [0.29, 0.717) is 0 Å². The van der Waals surface area contributed by atoms with E-state index in [-0.39, 0.29) is 24.0 Å². The molecule has 0 spiro atoms. The quantitative estimate of drug-likeness (QED) is 0.201. The average Bonchev–Trinajstić information content (AvgIpc) is 3.44. The van der Waals surface area contributed by atoms with Crippen LogP contribution in [0, 0.1) is 5.92 Å². The van der Waals surface area contributed by atoms with Gasteiger partial charge in [-0.3, -0.25) is 4.99 Å². The van der Waals surface area contributed by atoms with Gasteiger partial charge < -0.3 is 20.3 Å². The predicted molar refractivity (Wildman–Crippen MR) is 117 cm³/mol. The Morgan fingerprint density at radius 2 is 1.72 bits per heavy atom. The van der Waals surface area contributed by atoms with E-state index in [4.69, 9.17) is 4.74 Å². The zero-order valence-corrected chi connectivity index (χ0v) is 18.4. The monoisotopic (exact) mass is 466 g/mol. The van der Waals surface area contributed by atoms with E-state index < -0.39 is 0 Å². The zero-order chi connectivity index (χ0) is 16.9. The Morgan fingerprint density at radius 3 is 2.40 bits per heavy atom. The molecule has 1 heterocycles. The Hall–Kier alpha value is -0.0800. The van der Waals surface area contributed by atoms with E-state index in [0.717, 1.165) is 44.6 Å². The average molecular weight is 466 g/mol. The molecular formula is C19H39IN4O. The normalized spacial score (nSPS) is 18.7. The van der Waals surface area contributed by atoms with Crippen molar-refractivity contribution < 1.29 is 4.74 Å². The van der Waals surface area contributed by atoms with Crippen LogP contribution in [-0.4, -0.2) is 63.8 Å². The van der Waals surface area contributed by atoms with Crippen LogP contribution < -0.4 is 10.6 Å². The van der Waals surface area contributed by atoms with E-state index in [9.17, 15) is 0 Å². The standard InChI is InChI=1S/C19H38N4O.HI/c1-20-19(22-12-8-16-24-17-18-9-10-18)21-11-4-2-5-13-23-14-6-3-7-15-23;/h18H,2-17H2,1H3,(H2,20,21,22);1H. The maximum absolute atomic E-state index is 5.64. The van der Waals surface area contributed by atoms with E-state index in [1.807, 2.05) is 7.05 Å². The summed E-state index contributed by atoms with van der Waals surface area (Å²) in [7, 11) is 1.84. The number of likely N-dealkylation sites (tertiary alicyclic amines) is 1. The van der Waals surface area contributed by atoms with E-state index in [1.54, 1.807) is 0 Å². The lowest BCUT2D eigenvalue weighted by Gasteiger charge is -2.26. The molecule has 1 saturated heterocycles. The highest BCUT2D eigenvalue weighted by atomic mass is 127. The highest BCUT2D eigenvalue weighted by Crippen LogP contribution is 2.28. The third kappa shape index (κ3) is 12.0. The van der Waals surface area contributed by atoms with Crippen LogP contribution in [-0.2, 0) is 4.74 Å². The Bertz CT molecular complexity index is 344. The van der Waals surface area contributed by atoms with Gasteiger partial charge in [0.1, 0.15) is 0 Å². The number of halogens is 1. The van der Waals surface area contributed by atoms with Crippen molar-refractivity contribution in [3.05, 3.63) is 0 Å². The lowest BCUT2D eigenvalue weighted by molar-refractivity contribution is 0.123. The molecule has 0 radical (unpaired) electrons. The molecule has 6 heteroatoms. The molecule has 1 aliphatic carbocycles. The van der Waals surface area contributed by atoms with Gasteiger partial charge in [0.25, 0.3) is 0 Å². The van der Waals surface area contributed by atoms with Gasteiger partial charge in [-0.15, -0.1) is 24.0 Å². The van der Waals surface area contributed by atoms with Gasteiger partial charge >= 0.3 is 0 Å². The van der Waals surface area contributed by atoms with Gasteiger partial charge in [-0.05, 0) is 70.5 Å². The molecule has 0 unspecified atom stereocenters. The third-order valence-corrected chi connectivity index (χ3v) is 4.92. The highest BCUT2D eigenvalue weighted by Gasteiger charge is 2.20. The summed E-state index contributed by atoms with van der Waals surface area (Å²) in [6.45, 7) is 7.69. The predicted octanol–water partition coefficient (Wildman–Crippen LogP) is 3.24. The number of ether oxygens (including phenoxy) is 1. The molecular weight excluding hydrogens is 427 g/mol. The first-order valence-corrected chi connectivity index (χ1v) is 10.1. The first-order chi connectivity index (χ1) is 11.9. The van der Waals surface area contributed by atoms with Crippen LogP contribution >= 0.6 is 24.0 Å². The molecule has 0 aromatic rings. The molecule has 2 N–H and O–H groups in total. The molecule has 2 fully saturated rings.